The van der Waals surface area contributed by atoms with Crippen molar-refractivity contribution in [2.75, 3.05) is 18.1 Å². The molecule has 0 radical (unpaired) electrons. The van der Waals surface area contributed by atoms with Crippen molar-refractivity contribution in [2.45, 2.75) is 45.3 Å². The Bertz CT molecular complexity index is 569. The van der Waals surface area contributed by atoms with Crippen molar-refractivity contribution >= 4 is 11.8 Å². The Morgan fingerprint density at radius 1 is 1.59 bits per heavy atom. The highest BCUT2D eigenvalue weighted by Crippen LogP contribution is 2.22. The number of aromatic nitrogens is 1. The Morgan fingerprint density at radius 2 is 2.36 bits per heavy atom. The maximum absolute atomic E-state index is 12.5. The summed E-state index contributed by atoms with van der Waals surface area (Å²) in [7, 11) is 0. The number of amides is 1. The third-order valence-electron chi connectivity index (χ3n) is 3.19. The molecule has 1 saturated heterocycles. The van der Waals surface area contributed by atoms with Crippen LogP contribution in [0.3, 0.4) is 0 Å². The Labute approximate surface area is 130 Å². The van der Waals surface area contributed by atoms with Gasteiger partial charge in [-0.1, -0.05) is 0 Å². The predicted molar refractivity (Wildman–Crippen MR) is 81.5 cm³/mol. The zero-order chi connectivity index (χ0) is 16.2. The van der Waals surface area contributed by atoms with Crippen molar-refractivity contribution in [1.82, 2.24) is 4.98 Å². The summed E-state index contributed by atoms with van der Waals surface area (Å²) >= 11 is 0. The van der Waals surface area contributed by atoms with Crippen LogP contribution in [0.15, 0.2) is 18.3 Å². The molecule has 0 aliphatic carbocycles. The number of nitrogens with zero attached hydrogens (tertiary/aromatic N) is 3. The Morgan fingerprint density at radius 3 is 2.95 bits per heavy atom. The first-order valence-corrected chi connectivity index (χ1v) is 7.37. The molecule has 1 aromatic rings. The van der Waals surface area contributed by atoms with E-state index in [9.17, 15) is 4.79 Å². The van der Waals surface area contributed by atoms with Gasteiger partial charge in [0.1, 0.15) is 17.4 Å². The second kappa shape index (κ2) is 6.75. The largest absolute Gasteiger partial charge is 0.443 e. The quantitative estimate of drug-likeness (QED) is 0.858. The fraction of sp³-hybridized carbons (Fsp3) is 0.562. The van der Waals surface area contributed by atoms with Crippen LogP contribution in [0.2, 0.25) is 0 Å². The number of pyridine rings is 1. The van der Waals surface area contributed by atoms with E-state index >= 15 is 0 Å². The number of rotatable bonds is 3. The molecular formula is C16H21N3O3. The minimum Gasteiger partial charge on any atom is -0.443 e. The number of carbonyl (C=O) groups excluding carboxylic acids is 1. The minimum atomic E-state index is -0.586. The van der Waals surface area contributed by atoms with Crippen molar-refractivity contribution in [3.8, 4) is 6.07 Å². The Balaban J connectivity index is 2.23. The third kappa shape index (κ3) is 4.43. The molecule has 6 nitrogen and oxygen atoms in total. The van der Waals surface area contributed by atoms with Gasteiger partial charge in [-0.25, -0.2) is 9.78 Å². The van der Waals surface area contributed by atoms with Crippen LogP contribution in [-0.2, 0) is 9.47 Å². The second-order valence-corrected chi connectivity index (χ2v) is 6.24. The van der Waals surface area contributed by atoms with E-state index in [1.165, 1.54) is 11.1 Å². The summed E-state index contributed by atoms with van der Waals surface area (Å²) in [5.41, 5.74) is 0.270. The molecule has 1 unspecified atom stereocenters. The van der Waals surface area contributed by atoms with E-state index in [0.717, 1.165) is 12.8 Å². The third-order valence-corrected chi connectivity index (χ3v) is 3.19. The first-order valence-electron chi connectivity index (χ1n) is 7.37. The monoisotopic (exact) mass is 303 g/mol. The van der Waals surface area contributed by atoms with Crippen molar-refractivity contribution in [1.29, 1.82) is 5.26 Å². The van der Waals surface area contributed by atoms with E-state index < -0.39 is 11.7 Å². The molecule has 1 atom stereocenters. The molecule has 1 fully saturated rings. The van der Waals surface area contributed by atoms with Crippen molar-refractivity contribution in [3.05, 3.63) is 24.0 Å². The number of anilines is 1. The average molecular weight is 303 g/mol. The summed E-state index contributed by atoms with van der Waals surface area (Å²) in [5.74, 6) is 0. The lowest BCUT2D eigenvalue weighted by Gasteiger charge is -2.29. The van der Waals surface area contributed by atoms with Gasteiger partial charge >= 0.3 is 6.09 Å². The van der Waals surface area contributed by atoms with E-state index in [-0.39, 0.29) is 11.8 Å². The Kier molecular flexibility index (Phi) is 4.99. The van der Waals surface area contributed by atoms with Gasteiger partial charge in [-0.15, -0.1) is 0 Å². The maximum Gasteiger partial charge on any atom is 0.414 e. The molecular weight excluding hydrogens is 282 g/mol. The standard InChI is InChI=1S/C16H21N3O3/c1-16(2,3)22-15(20)19(11-14-5-4-8-21-14)13-6-7-18-12(9-13)10-17/h6-7,9,14H,4-5,8,11H2,1-3H3. The van der Waals surface area contributed by atoms with Gasteiger partial charge in [-0.2, -0.15) is 5.26 Å². The summed E-state index contributed by atoms with van der Waals surface area (Å²) < 4.78 is 11.1. The van der Waals surface area contributed by atoms with Gasteiger partial charge in [0.2, 0.25) is 0 Å². The van der Waals surface area contributed by atoms with Gasteiger partial charge in [-0.3, -0.25) is 4.90 Å². The van der Waals surface area contributed by atoms with Gasteiger partial charge in [-0.05, 0) is 45.7 Å². The van der Waals surface area contributed by atoms with Crippen LogP contribution in [0.5, 0.6) is 0 Å². The molecule has 118 valence electrons. The van der Waals surface area contributed by atoms with Crippen LogP contribution < -0.4 is 4.90 Å². The van der Waals surface area contributed by atoms with Crippen molar-refractivity contribution < 1.29 is 14.3 Å². The molecule has 0 spiro atoms. The number of ether oxygens (including phenoxy) is 2. The summed E-state index contributed by atoms with van der Waals surface area (Å²) in [6, 6.07) is 5.26. The van der Waals surface area contributed by atoms with Gasteiger partial charge in [0.15, 0.2) is 0 Å². The van der Waals surface area contributed by atoms with Gasteiger partial charge < -0.3 is 9.47 Å². The summed E-state index contributed by atoms with van der Waals surface area (Å²) in [6.45, 7) is 6.59. The lowest BCUT2D eigenvalue weighted by Crippen LogP contribution is -2.41. The van der Waals surface area contributed by atoms with Crippen molar-refractivity contribution in [3.63, 3.8) is 0 Å². The number of hydrogen-bond acceptors (Lipinski definition) is 5. The number of carbonyl (C=O) groups is 1. The van der Waals surface area contributed by atoms with E-state index in [1.807, 2.05) is 26.8 Å². The molecule has 0 aromatic carbocycles. The first kappa shape index (κ1) is 16.2. The molecule has 0 saturated carbocycles. The highest BCUT2D eigenvalue weighted by molar-refractivity contribution is 5.88. The summed E-state index contributed by atoms with van der Waals surface area (Å²) in [4.78, 5) is 17.9. The highest BCUT2D eigenvalue weighted by Gasteiger charge is 2.28. The maximum atomic E-state index is 12.5. The lowest BCUT2D eigenvalue weighted by molar-refractivity contribution is 0.0539. The van der Waals surface area contributed by atoms with Gasteiger partial charge in [0.05, 0.1) is 18.3 Å². The average Bonchev–Trinajstić information content (AvgIpc) is 2.96. The van der Waals surface area contributed by atoms with Crippen LogP contribution in [-0.4, -0.2) is 35.9 Å². The van der Waals surface area contributed by atoms with E-state index in [2.05, 4.69) is 4.98 Å². The van der Waals surface area contributed by atoms with E-state index in [0.29, 0.717) is 18.8 Å². The zero-order valence-corrected chi connectivity index (χ0v) is 13.2. The number of hydrogen-bond donors (Lipinski definition) is 0. The van der Waals surface area contributed by atoms with E-state index in [4.69, 9.17) is 14.7 Å². The van der Waals surface area contributed by atoms with Gasteiger partial charge in [0.25, 0.3) is 0 Å². The predicted octanol–water partition coefficient (Wildman–Crippen LogP) is 2.87. The van der Waals surface area contributed by atoms with Crippen LogP contribution >= 0.6 is 0 Å². The molecule has 1 aromatic heterocycles. The molecule has 2 heterocycles. The fourth-order valence-electron chi connectivity index (χ4n) is 2.24. The van der Waals surface area contributed by atoms with Crippen LogP contribution in [0.25, 0.3) is 0 Å². The molecule has 1 aliphatic heterocycles. The van der Waals surface area contributed by atoms with Crippen molar-refractivity contribution in [2.24, 2.45) is 0 Å². The zero-order valence-electron chi connectivity index (χ0n) is 13.2. The molecule has 6 heteroatoms. The summed E-state index contributed by atoms with van der Waals surface area (Å²) in [6.07, 6.45) is 2.97. The normalized spacial score (nSPS) is 17.8. The molecule has 2 rings (SSSR count). The smallest absolute Gasteiger partial charge is 0.414 e. The molecule has 22 heavy (non-hydrogen) atoms. The molecule has 0 N–H and O–H groups in total. The van der Waals surface area contributed by atoms with Gasteiger partial charge in [0, 0.05) is 12.8 Å². The van der Waals surface area contributed by atoms with E-state index in [1.54, 1.807) is 12.1 Å². The van der Waals surface area contributed by atoms with Crippen LogP contribution in [0.4, 0.5) is 10.5 Å². The SMILES string of the molecule is CC(C)(C)OC(=O)N(CC1CCCO1)c1ccnc(C#N)c1. The topological polar surface area (TPSA) is 75.4 Å². The van der Waals surface area contributed by atoms with Crippen LogP contribution in [0, 0.1) is 11.3 Å². The first-order chi connectivity index (χ1) is 10.4. The lowest BCUT2D eigenvalue weighted by atomic mass is 10.2. The minimum absolute atomic E-state index is 0.00813. The summed E-state index contributed by atoms with van der Waals surface area (Å²) in [5, 5.41) is 8.98. The second-order valence-electron chi connectivity index (χ2n) is 6.24. The highest BCUT2D eigenvalue weighted by atomic mass is 16.6. The number of nitriles is 1. The van der Waals surface area contributed by atoms with Crippen LogP contribution in [0.1, 0.15) is 39.3 Å². The molecule has 0 bridgehead atoms. The fourth-order valence-corrected chi connectivity index (χ4v) is 2.24. The molecule has 1 amide bonds. The molecule has 1 aliphatic rings. The Hall–Kier alpha value is -2.13.